The molecule has 1 saturated heterocycles. The van der Waals surface area contributed by atoms with Gasteiger partial charge in [0.25, 0.3) is 0 Å². The van der Waals surface area contributed by atoms with Crippen molar-refractivity contribution in [3.8, 4) is 0 Å². The largest absolute Gasteiger partial charge is 0.347 e. The average Bonchev–Trinajstić information content (AvgIpc) is 3.41. The molecule has 0 aromatic carbocycles. The van der Waals surface area contributed by atoms with E-state index in [4.69, 9.17) is 9.47 Å². The van der Waals surface area contributed by atoms with Crippen LogP contribution in [-0.2, 0) is 9.47 Å². The van der Waals surface area contributed by atoms with Crippen LogP contribution in [0.2, 0.25) is 0 Å². The first-order valence-corrected chi connectivity index (χ1v) is 19.2. The van der Waals surface area contributed by atoms with Gasteiger partial charge in [-0.3, -0.25) is 0 Å². The summed E-state index contributed by atoms with van der Waals surface area (Å²) < 4.78 is 12.8. The van der Waals surface area contributed by atoms with Crippen molar-refractivity contribution in [1.29, 1.82) is 0 Å². The van der Waals surface area contributed by atoms with E-state index in [1.54, 1.807) is 0 Å². The lowest BCUT2D eigenvalue weighted by Crippen LogP contribution is -2.22. The van der Waals surface area contributed by atoms with Gasteiger partial charge in [0.1, 0.15) is 0 Å². The van der Waals surface area contributed by atoms with E-state index in [-0.39, 0.29) is 6.29 Å². The van der Waals surface area contributed by atoms with Crippen molar-refractivity contribution < 1.29 is 9.47 Å². The number of ether oxygens (including phenoxy) is 2. The fourth-order valence-corrected chi connectivity index (χ4v) is 5.93. The summed E-state index contributed by atoms with van der Waals surface area (Å²) in [5, 5.41) is 0. The van der Waals surface area contributed by atoms with Crippen LogP contribution >= 0.6 is 0 Å². The van der Waals surface area contributed by atoms with E-state index < -0.39 is 0 Å². The molecule has 0 bridgehead atoms. The Hall–Kier alpha value is -1.12. The molecule has 2 atom stereocenters. The fraction of sp³-hybridized carbons (Fsp3) is 0.805. The molecule has 0 amide bonds. The summed E-state index contributed by atoms with van der Waals surface area (Å²) in [5.41, 5.74) is 0. The number of hydrogen-bond donors (Lipinski definition) is 0. The molecule has 1 aliphatic rings. The van der Waals surface area contributed by atoms with Crippen LogP contribution in [0, 0.1) is 0 Å². The highest BCUT2D eigenvalue weighted by atomic mass is 16.7. The second-order valence-corrected chi connectivity index (χ2v) is 13.0. The molecular formula is C41H74O2. The molecule has 0 saturated carbocycles. The molecule has 1 aliphatic heterocycles. The molecule has 0 N–H and O–H groups in total. The molecule has 2 heteroatoms. The minimum Gasteiger partial charge on any atom is -0.347 e. The van der Waals surface area contributed by atoms with Crippen molar-refractivity contribution in [2.45, 2.75) is 213 Å². The Morgan fingerprint density at radius 2 is 0.698 bits per heavy atom. The standard InChI is InChI=1S/C41H74O2/c1-4-7-10-12-14-16-18-20-22-24-26-28-30-32-34-36-39-40(43-41(42-39)38-9-6-3)37-35-33-31-29-27-25-23-21-19-17-15-13-11-8-5-2/h14-17,20-23,39-41H,4-13,18-19,24-38H2,1-3H3/b16-14-,17-15-,22-20-,23-21-. The predicted octanol–water partition coefficient (Wildman–Crippen LogP) is 13.9. The Labute approximate surface area is 270 Å². The summed E-state index contributed by atoms with van der Waals surface area (Å²) >= 11 is 0. The van der Waals surface area contributed by atoms with Crippen molar-refractivity contribution in [1.82, 2.24) is 0 Å². The van der Waals surface area contributed by atoms with Crippen LogP contribution in [0.4, 0.5) is 0 Å². The Morgan fingerprint density at radius 3 is 1.09 bits per heavy atom. The van der Waals surface area contributed by atoms with E-state index in [1.807, 2.05) is 0 Å². The maximum Gasteiger partial charge on any atom is 0.158 e. The summed E-state index contributed by atoms with van der Waals surface area (Å²) in [6, 6.07) is 0. The Morgan fingerprint density at radius 1 is 0.349 bits per heavy atom. The van der Waals surface area contributed by atoms with E-state index in [0.717, 1.165) is 19.3 Å². The third kappa shape index (κ3) is 25.9. The van der Waals surface area contributed by atoms with Gasteiger partial charge in [0, 0.05) is 0 Å². The predicted molar refractivity (Wildman–Crippen MR) is 192 cm³/mol. The van der Waals surface area contributed by atoms with Gasteiger partial charge in [0.2, 0.25) is 0 Å². The zero-order valence-electron chi connectivity index (χ0n) is 29.3. The molecule has 2 nitrogen and oxygen atoms in total. The second-order valence-electron chi connectivity index (χ2n) is 13.0. The molecule has 250 valence electrons. The molecule has 0 spiro atoms. The van der Waals surface area contributed by atoms with Gasteiger partial charge in [0.15, 0.2) is 6.29 Å². The van der Waals surface area contributed by atoms with Gasteiger partial charge in [-0.1, -0.05) is 153 Å². The number of hydrogen-bond acceptors (Lipinski definition) is 2. The first-order chi connectivity index (χ1) is 21.3. The van der Waals surface area contributed by atoms with Crippen molar-refractivity contribution >= 4 is 0 Å². The van der Waals surface area contributed by atoms with Crippen LogP contribution in [0.3, 0.4) is 0 Å². The van der Waals surface area contributed by atoms with Gasteiger partial charge >= 0.3 is 0 Å². The highest BCUT2D eigenvalue weighted by Gasteiger charge is 2.34. The lowest BCUT2D eigenvalue weighted by Gasteiger charge is -2.16. The first kappa shape index (κ1) is 39.9. The van der Waals surface area contributed by atoms with Crippen molar-refractivity contribution in [3.63, 3.8) is 0 Å². The van der Waals surface area contributed by atoms with Gasteiger partial charge in [-0.05, 0) is 89.9 Å². The lowest BCUT2D eigenvalue weighted by molar-refractivity contribution is -0.0728. The zero-order chi connectivity index (χ0) is 30.9. The van der Waals surface area contributed by atoms with Crippen molar-refractivity contribution in [2.24, 2.45) is 0 Å². The summed E-state index contributed by atoms with van der Waals surface area (Å²) in [6.07, 6.45) is 53.9. The highest BCUT2D eigenvalue weighted by molar-refractivity contribution is 4.93. The van der Waals surface area contributed by atoms with Crippen molar-refractivity contribution in [2.75, 3.05) is 0 Å². The molecular weight excluding hydrogens is 524 g/mol. The van der Waals surface area contributed by atoms with Gasteiger partial charge in [-0.2, -0.15) is 0 Å². The number of unbranched alkanes of at least 4 members (excludes halogenated alkanes) is 17. The van der Waals surface area contributed by atoms with E-state index >= 15 is 0 Å². The minimum atomic E-state index is 0.0471. The molecule has 1 heterocycles. The molecule has 1 fully saturated rings. The van der Waals surface area contributed by atoms with E-state index in [0.29, 0.717) is 12.2 Å². The molecule has 2 unspecified atom stereocenters. The van der Waals surface area contributed by atoms with Crippen LogP contribution in [0.15, 0.2) is 48.6 Å². The van der Waals surface area contributed by atoms with Crippen LogP contribution in [0.1, 0.15) is 194 Å². The monoisotopic (exact) mass is 599 g/mol. The van der Waals surface area contributed by atoms with Crippen LogP contribution in [-0.4, -0.2) is 18.5 Å². The van der Waals surface area contributed by atoms with E-state index in [2.05, 4.69) is 69.4 Å². The summed E-state index contributed by atoms with van der Waals surface area (Å²) in [6.45, 7) is 6.80. The third-order valence-electron chi connectivity index (χ3n) is 8.74. The van der Waals surface area contributed by atoms with E-state index in [1.165, 1.54) is 154 Å². The lowest BCUT2D eigenvalue weighted by atomic mass is 9.99. The highest BCUT2D eigenvalue weighted by Crippen LogP contribution is 2.30. The van der Waals surface area contributed by atoms with Gasteiger partial charge in [-0.25, -0.2) is 0 Å². The molecule has 1 rings (SSSR count). The Bertz CT molecular complexity index is 621. The van der Waals surface area contributed by atoms with Gasteiger partial charge in [-0.15, -0.1) is 0 Å². The van der Waals surface area contributed by atoms with Gasteiger partial charge < -0.3 is 9.47 Å². The normalized spacial score (nSPS) is 19.4. The molecule has 0 aromatic heterocycles. The van der Waals surface area contributed by atoms with Crippen LogP contribution in [0.25, 0.3) is 0 Å². The smallest absolute Gasteiger partial charge is 0.158 e. The molecule has 0 radical (unpaired) electrons. The topological polar surface area (TPSA) is 18.5 Å². The second kappa shape index (κ2) is 32.3. The van der Waals surface area contributed by atoms with Gasteiger partial charge in [0.05, 0.1) is 12.2 Å². The zero-order valence-corrected chi connectivity index (χ0v) is 29.3. The summed E-state index contributed by atoms with van der Waals surface area (Å²) in [7, 11) is 0. The quantitative estimate of drug-likeness (QED) is 0.0583. The summed E-state index contributed by atoms with van der Waals surface area (Å²) in [4.78, 5) is 0. The average molecular weight is 599 g/mol. The first-order valence-electron chi connectivity index (χ1n) is 19.2. The fourth-order valence-electron chi connectivity index (χ4n) is 5.93. The maximum atomic E-state index is 6.42. The summed E-state index contributed by atoms with van der Waals surface area (Å²) in [5.74, 6) is 0. The Kier molecular flexibility index (Phi) is 30.0. The molecule has 0 aromatic rings. The molecule has 0 aliphatic carbocycles. The number of rotatable bonds is 31. The Balaban J connectivity index is 2.09. The van der Waals surface area contributed by atoms with Crippen LogP contribution in [0.5, 0.6) is 0 Å². The molecule has 43 heavy (non-hydrogen) atoms. The maximum absolute atomic E-state index is 6.42. The van der Waals surface area contributed by atoms with Crippen LogP contribution < -0.4 is 0 Å². The third-order valence-corrected chi connectivity index (χ3v) is 8.74. The van der Waals surface area contributed by atoms with Crippen molar-refractivity contribution in [3.05, 3.63) is 48.6 Å². The SMILES string of the molecule is CCCCC/C=C\C/C=C\CCCCCCCC1OC(CCCC)OC1CCCCCCC/C=C\C/C=C\CCCCC. The minimum absolute atomic E-state index is 0.0471. The van der Waals surface area contributed by atoms with E-state index in [9.17, 15) is 0 Å². The number of allylic oxidation sites excluding steroid dienone is 8.